The highest BCUT2D eigenvalue weighted by atomic mass is 16.5. The average molecular weight is 172 g/mol. The molecule has 0 unspecified atom stereocenters. The molecular weight excluding hydrogens is 156 g/mol. The Balaban J connectivity index is 2.49. The molecular formula is C8H16N2O2. The third kappa shape index (κ3) is 1.59. The van der Waals surface area contributed by atoms with Crippen molar-refractivity contribution < 1.29 is 9.53 Å². The second-order valence-electron chi connectivity index (χ2n) is 3.61. The van der Waals surface area contributed by atoms with Gasteiger partial charge in [-0.2, -0.15) is 0 Å². The molecule has 1 aliphatic rings. The van der Waals surface area contributed by atoms with Crippen LogP contribution in [0.4, 0.5) is 0 Å². The van der Waals surface area contributed by atoms with Gasteiger partial charge in [-0.1, -0.05) is 0 Å². The molecule has 3 N–H and O–H groups in total. The summed E-state index contributed by atoms with van der Waals surface area (Å²) >= 11 is 0. The van der Waals surface area contributed by atoms with Crippen LogP contribution in [0.15, 0.2) is 0 Å². The molecule has 1 fully saturated rings. The lowest BCUT2D eigenvalue weighted by Crippen LogP contribution is -2.59. The molecule has 70 valence electrons. The highest BCUT2D eigenvalue weighted by molar-refractivity contribution is 5.84. The van der Waals surface area contributed by atoms with E-state index >= 15 is 0 Å². The van der Waals surface area contributed by atoms with Crippen LogP contribution in [0.25, 0.3) is 0 Å². The van der Waals surface area contributed by atoms with Crippen LogP contribution in [0.2, 0.25) is 0 Å². The van der Waals surface area contributed by atoms with Gasteiger partial charge in [0.25, 0.3) is 0 Å². The van der Waals surface area contributed by atoms with Gasteiger partial charge in [-0.3, -0.25) is 4.79 Å². The van der Waals surface area contributed by atoms with Crippen LogP contribution in [0.5, 0.6) is 0 Å². The quantitative estimate of drug-likeness (QED) is 0.602. The molecule has 4 nitrogen and oxygen atoms in total. The summed E-state index contributed by atoms with van der Waals surface area (Å²) in [6, 6.07) is 0.168. The van der Waals surface area contributed by atoms with E-state index in [1.54, 1.807) is 0 Å². The van der Waals surface area contributed by atoms with E-state index in [1.807, 2.05) is 13.8 Å². The molecule has 1 amide bonds. The molecule has 1 aliphatic heterocycles. The van der Waals surface area contributed by atoms with Crippen LogP contribution in [-0.2, 0) is 9.53 Å². The average Bonchev–Trinajstić information content (AvgIpc) is 1.83. The monoisotopic (exact) mass is 172 g/mol. The maximum Gasteiger partial charge on any atom is 0.232 e. The normalized spacial score (nSPS) is 20.3. The Morgan fingerprint density at radius 2 is 2.25 bits per heavy atom. The predicted octanol–water partition coefficient (Wildman–Crippen LogP) is -0.514. The van der Waals surface area contributed by atoms with E-state index in [4.69, 9.17) is 10.5 Å². The Labute approximate surface area is 72.5 Å². The lowest BCUT2D eigenvalue weighted by molar-refractivity contribution is -0.159. The topological polar surface area (TPSA) is 64.4 Å². The minimum atomic E-state index is -0.440. The van der Waals surface area contributed by atoms with E-state index < -0.39 is 5.41 Å². The van der Waals surface area contributed by atoms with Crippen molar-refractivity contribution in [1.82, 2.24) is 5.32 Å². The van der Waals surface area contributed by atoms with Crippen molar-refractivity contribution in [1.29, 1.82) is 0 Å². The molecule has 1 heterocycles. The van der Waals surface area contributed by atoms with Crippen LogP contribution < -0.4 is 11.1 Å². The lowest BCUT2D eigenvalue weighted by atomic mass is 9.85. The van der Waals surface area contributed by atoms with Crippen LogP contribution in [-0.4, -0.2) is 31.7 Å². The second-order valence-corrected chi connectivity index (χ2v) is 3.61. The van der Waals surface area contributed by atoms with Crippen molar-refractivity contribution in [2.45, 2.75) is 19.9 Å². The van der Waals surface area contributed by atoms with Gasteiger partial charge in [0.15, 0.2) is 0 Å². The zero-order valence-electron chi connectivity index (χ0n) is 7.59. The van der Waals surface area contributed by atoms with Crippen molar-refractivity contribution in [2.75, 3.05) is 19.8 Å². The van der Waals surface area contributed by atoms with Crippen LogP contribution >= 0.6 is 0 Å². The van der Waals surface area contributed by atoms with E-state index in [2.05, 4.69) is 5.32 Å². The van der Waals surface area contributed by atoms with Crippen molar-refractivity contribution >= 4 is 5.91 Å². The van der Waals surface area contributed by atoms with Crippen LogP contribution in [0, 0.1) is 5.41 Å². The molecule has 1 rings (SSSR count). The largest absolute Gasteiger partial charge is 0.379 e. The van der Waals surface area contributed by atoms with E-state index in [9.17, 15) is 4.79 Å². The fraction of sp³-hybridized carbons (Fsp3) is 0.875. The summed E-state index contributed by atoms with van der Waals surface area (Å²) in [6.07, 6.45) is 0. The van der Waals surface area contributed by atoms with Gasteiger partial charge in [-0.25, -0.2) is 0 Å². The molecule has 0 aromatic rings. The summed E-state index contributed by atoms with van der Waals surface area (Å²) in [4.78, 5) is 11.5. The van der Waals surface area contributed by atoms with Gasteiger partial charge < -0.3 is 15.8 Å². The number of nitrogens with one attached hydrogen (secondary N) is 1. The number of ether oxygens (including phenoxy) is 1. The van der Waals surface area contributed by atoms with Gasteiger partial charge in [0, 0.05) is 12.6 Å². The lowest BCUT2D eigenvalue weighted by Gasteiger charge is -2.39. The van der Waals surface area contributed by atoms with Crippen LogP contribution in [0.1, 0.15) is 13.8 Å². The van der Waals surface area contributed by atoms with E-state index in [0.717, 1.165) is 0 Å². The Hall–Kier alpha value is -0.610. The van der Waals surface area contributed by atoms with Crippen molar-refractivity contribution in [3.05, 3.63) is 0 Å². The molecule has 12 heavy (non-hydrogen) atoms. The Kier molecular flexibility index (Phi) is 2.69. The summed E-state index contributed by atoms with van der Waals surface area (Å²) in [6.45, 7) is 5.15. The maximum absolute atomic E-state index is 11.5. The minimum Gasteiger partial charge on any atom is -0.379 e. The Morgan fingerprint density at radius 3 is 2.50 bits per heavy atom. The Bertz CT molecular complexity index is 170. The zero-order chi connectivity index (χ0) is 9.19. The fourth-order valence-corrected chi connectivity index (χ4v) is 1.11. The first-order valence-corrected chi connectivity index (χ1v) is 4.19. The number of carbonyl (C=O) groups excluding carboxylic acids is 1. The highest BCUT2D eigenvalue weighted by Gasteiger charge is 2.44. The molecule has 1 saturated heterocycles. The van der Waals surface area contributed by atoms with Crippen molar-refractivity contribution in [3.63, 3.8) is 0 Å². The number of rotatable bonds is 3. The van der Waals surface area contributed by atoms with Gasteiger partial charge in [0.2, 0.25) is 5.91 Å². The maximum atomic E-state index is 11.5. The van der Waals surface area contributed by atoms with Gasteiger partial charge in [0.05, 0.1) is 13.2 Å². The van der Waals surface area contributed by atoms with Crippen molar-refractivity contribution in [3.8, 4) is 0 Å². The van der Waals surface area contributed by atoms with Gasteiger partial charge in [0.1, 0.15) is 5.41 Å². The minimum absolute atomic E-state index is 0.0197. The first kappa shape index (κ1) is 9.48. The number of hydrogen-bond acceptors (Lipinski definition) is 3. The van der Waals surface area contributed by atoms with Gasteiger partial charge >= 0.3 is 0 Å². The summed E-state index contributed by atoms with van der Waals surface area (Å²) < 4.78 is 4.99. The smallest absolute Gasteiger partial charge is 0.232 e. The number of hydrogen-bond donors (Lipinski definition) is 2. The highest BCUT2D eigenvalue weighted by Crippen LogP contribution is 2.26. The second kappa shape index (κ2) is 3.41. The van der Waals surface area contributed by atoms with E-state index in [1.165, 1.54) is 0 Å². The van der Waals surface area contributed by atoms with Crippen molar-refractivity contribution in [2.24, 2.45) is 11.1 Å². The molecule has 4 heteroatoms. The summed E-state index contributed by atoms with van der Waals surface area (Å²) in [5, 5.41) is 2.84. The van der Waals surface area contributed by atoms with E-state index in [-0.39, 0.29) is 11.9 Å². The third-order valence-corrected chi connectivity index (χ3v) is 2.05. The summed E-state index contributed by atoms with van der Waals surface area (Å²) in [5.41, 5.74) is 5.06. The number of carbonyl (C=O) groups is 1. The standard InChI is InChI=1S/C8H16N2O2/c1-6(2)10-7(11)8(3-9)4-12-5-8/h6H,3-5,9H2,1-2H3,(H,10,11). The SMILES string of the molecule is CC(C)NC(=O)C1(CN)COC1. The Morgan fingerprint density at radius 1 is 1.67 bits per heavy atom. The molecule has 0 bridgehead atoms. The molecule has 0 atom stereocenters. The molecule has 0 aliphatic carbocycles. The van der Waals surface area contributed by atoms with E-state index in [0.29, 0.717) is 19.8 Å². The molecule has 0 spiro atoms. The summed E-state index contributed by atoms with van der Waals surface area (Å²) in [5.74, 6) is 0.0197. The first-order valence-electron chi connectivity index (χ1n) is 4.19. The number of nitrogens with two attached hydrogens (primary N) is 1. The first-order chi connectivity index (χ1) is 5.60. The van der Waals surface area contributed by atoms with Gasteiger partial charge in [-0.05, 0) is 13.8 Å². The predicted molar refractivity (Wildman–Crippen MR) is 45.6 cm³/mol. The van der Waals surface area contributed by atoms with Crippen LogP contribution in [0.3, 0.4) is 0 Å². The fourth-order valence-electron chi connectivity index (χ4n) is 1.11. The third-order valence-electron chi connectivity index (χ3n) is 2.05. The zero-order valence-corrected chi connectivity index (χ0v) is 7.59. The molecule has 0 aromatic carbocycles. The number of amides is 1. The molecule has 0 saturated carbocycles. The van der Waals surface area contributed by atoms with Gasteiger partial charge in [-0.15, -0.1) is 0 Å². The molecule has 0 aromatic heterocycles. The molecule has 0 radical (unpaired) electrons. The summed E-state index contributed by atoms with van der Waals surface area (Å²) in [7, 11) is 0.